The number of benzene rings is 1. The number of morpholine rings is 1. The van der Waals surface area contributed by atoms with Gasteiger partial charge in [-0.1, -0.05) is 13.8 Å². The smallest absolute Gasteiger partial charge is 0.323 e. The van der Waals surface area contributed by atoms with E-state index in [0.717, 1.165) is 13.1 Å². The maximum atomic E-state index is 12.6. The Hall–Kier alpha value is -1.68. The van der Waals surface area contributed by atoms with Crippen LogP contribution in [0.4, 0.5) is 0 Å². The Kier molecular flexibility index (Phi) is 5.28. The number of imidazole rings is 1. The minimum absolute atomic E-state index is 0.106. The van der Waals surface area contributed by atoms with Crippen LogP contribution < -0.4 is 10.4 Å². The second-order valence-electron chi connectivity index (χ2n) is 6.60. The van der Waals surface area contributed by atoms with Gasteiger partial charge in [0.25, 0.3) is 0 Å². The summed E-state index contributed by atoms with van der Waals surface area (Å²) in [5.74, 6) is 0.310. The molecule has 2 aromatic rings. The van der Waals surface area contributed by atoms with E-state index in [9.17, 15) is 13.2 Å². The molecule has 3 N–H and O–H groups in total. The van der Waals surface area contributed by atoms with E-state index in [1.807, 2.05) is 0 Å². The number of nitrogens with one attached hydrogen (secondary N) is 3. The molecule has 138 valence electrons. The average Bonchev–Trinajstić information content (AvgIpc) is 2.94. The van der Waals surface area contributed by atoms with Gasteiger partial charge in [0.05, 0.1) is 29.1 Å². The van der Waals surface area contributed by atoms with Crippen LogP contribution in [0.1, 0.15) is 13.8 Å². The molecule has 0 spiro atoms. The minimum Gasteiger partial charge on any atom is -0.379 e. The van der Waals surface area contributed by atoms with Crippen LogP contribution in [0.2, 0.25) is 0 Å². The molecule has 1 aliphatic heterocycles. The fourth-order valence-electron chi connectivity index (χ4n) is 3.15. The zero-order chi connectivity index (χ0) is 18.0. The van der Waals surface area contributed by atoms with Crippen molar-refractivity contribution in [2.45, 2.75) is 24.8 Å². The SMILES string of the molecule is CC(C)C(CNS(=O)(=O)c1ccc2[nH]c(=O)[nH]c2c1)N1CCOCC1. The molecule has 25 heavy (non-hydrogen) atoms. The summed E-state index contributed by atoms with van der Waals surface area (Å²) in [4.78, 5) is 18.9. The number of ether oxygens (including phenoxy) is 1. The second kappa shape index (κ2) is 7.28. The molecule has 8 nitrogen and oxygen atoms in total. The first-order valence-corrected chi connectivity index (χ1v) is 9.88. The van der Waals surface area contributed by atoms with Crippen LogP contribution in [0.25, 0.3) is 11.0 Å². The highest BCUT2D eigenvalue weighted by Gasteiger charge is 2.26. The molecule has 0 saturated carbocycles. The highest BCUT2D eigenvalue weighted by atomic mass is 32.2. The highest BCUT2D eigenvalue weighted by Crippen LogP contribution is 2.17. The van der Waals surface area contributed by atoms with Crippen LogP contribution in [0, 0.1) is 5.92 Å². The molecule has 0 radical (unpaired) electrons. The molecule has 1 aliphatic rings. The summed E-state index contributed by atoms with van der Waals surface area (Å²) in [6, 6.07) is 4.65. The van der Waals surface area contributed by atoms with Crippen molar-refractivity contribution in [2.75, 3.05) is 32.8 Å². The molecule has 1 fully saturated rings. The van der Waals surface area contributed by atoms with E-state index in [1.165, 1.54) is 12.1 Å². The Morgan fingerprint density at radius 3 is 2.56 bits per heavy atom. The van der Waals surface area contributed by atoms with Gasteiger partial charge in [0.15, 0.2) is 0 Å². The normalized spacial score (nSPS) is 18.0. The third-order valence-corrected chi connectivity index (χ3v) is 5.99. The van der Waals surface area contributed by atoms with Crippen LogP contribution >= 0.6 is 0 Å². The number of sulfonamides is 1. The number of hydrogen-bond acceptors (Lipinski definition) is 5. The summed E-state index contributed by atoms with van der Waals surface area (Å²) in [5, 5.41) is 0. The number of aromatic amines is 2. The lowest BCUT2D eigenvalue weighted by Crippen LogP contribution is -2.51. The molecule has 2 heterocycles. The van der Waals surface area contributed by atoms with Crippen LogP contribution in [0.15, 0.2) is 27.9 Å². The van der Waals surface area contributed by atoms with Crippen molar-refractivity contribution in [1.29, 1.82) is 0 Å². The Labute approximate surface area is 146 Å². The number of hydrogen-bond donors (Lipinski definition) is 3. The Morgan fingerprint density at radius 1 is 1.20 bits per heavy atom. The first kappa shape index (κ1) is 18.1. The van der Waals surface area contributed by atoms with E-state index in [1.54, 1.807) is 6.07 Å². The quantitative estimate of drug-likeness (QED) is 0.688. The monoisotopic (exact) mass is 368 g/mol. The van der Waals surface area contributed by atoms with Crippen molar-refractivity contribution >= 4 is 21.1 Å². The third-order valence-electron chi connectivity index (χ3n) is 4.56. The summed E-state index contributed by atoms with van der Waals surface area (Å²) in [5.41, 5.74) is 0.698. The van der Waals surface area contributed by atoms with Gasteiger partial charge >= 0.3 is 5.69 Å². The molecule has 1 unspecified atom stereocenters. The maximum absolute atomic E-state index is 12.6. The second-order valence-corrected chi connectivity index (χ2v) is 8.37. The van der Waals surface area contributed by atoms with E-state index in [0.29, 0.717) is 36.7 Å². The van der Waals surface area contributed by atoms with Gasteiger partial charge in [0, 0.05) is 25.7 Å². The zero-order valence-corrected chi connectivity index (χ0v) is 15.2. The molecule has 1 aromatic carbocycles. The molecule has 9 heteroatoms. The lowest BCUT2D eigenvalue weighted by atomic mass is 10.0. The average molecular weight is 368 g/mol. The van der Waals surface area contributed by atoms with Crippen molar-refractivity contribution in [1.82, 2.24) is 19.6 Å². The van der Waals surface area contributed by atoms with Gasteiger partial charge in [-0.25, -0.2) is 17.9 Å². The maximum Gasteiger partial charge on any atom is 0.323 e. The summed E-state index contributed by atoms with van der Waals surface area (Å²) >= 11 is 0. The topological polar surface area (TPSA) is 107 Å². The third kappa shape index (κ3) is 4.12. The van der Waals surface area contributed by atoms with E-state index >= 15 is 0 Å². The molecule has 0 aliphatic carbocycles. The summed E-state index contributed by atoms with van der Waals surface area (Å²) in [6.45, 7) is 7.47. The number of aromatic nitrogens is 2. The molecular weight excluding hydrogens is 344 g/mol. The zero-order valence-electron chi connectivity index (χ0n) is 14.4. The van der Waals surface area contributed by atoms with Crippen molar-refractivity contribution in [3.05, 3.63) is 28.7 Å². The largest absolute Gasteiger partial charge is 0.379 e. The van der Waals surface area contributed by atoms with Gasteiger partial charge in [0.1, 0.15) is 0 Å². The molecule has 0 bridgehead atoms. The fraction of sp³-hybridized carbons (Fsp3) is 0.562. The standard InChI is InChI=1S/C16H24N4O4S/c1-11(2)15(20-5-7-24-8-6-20)10-17-25(22,23)12-3-4-13-14(9-12)19-16(21)18-13/h3-4,9,11,15,17H,5-8,10H2,1-2H3,(H2,18,19,21). The lowest BCUT2D eigenvalue weighted by Gasteiger charge is -2.36. The van der Waals surface area contributed by atoms with Gasteiger partial charge in [-0.3, -0.25) is 4.90 Å². The lowest BCUT2D eigenvalue weighted by molar-refractivity contribution is 0.00776. The summed E-state index contributed by atoms with van der Waals surface area (Å²) < 4.78 is 33.4. The predicted molar refractivity (Wildman–Crippen MR) is 95.1 cm³/mol. The number of fused-ring (bicyclic) bond motifs is 1. The van der Waals surface area contributed by atoms with E-state index in [2.05, 4.69) is 33.4 Å². The molecule has 1 aromatic heterocycles. The number of H-pyrrole nitrogens is 2. The van der Waals surface area contributed by atoms with Crippen LogP contribution in [-0.4, -0.2) is 62.2 Å². The first-order valence-electron chi connectivity index (χ1n) is 8.40. The Bertz CT molecular complexity index is 881. The van der Waals surface area contributed by atoms with Crippen LogP contribution in [-0.2, 0) is 14.8 Å². The molecular formula is C16H24N4O4S. The molecule has 3 rings (SSSR count). The van der Waals surface area contributed by atoms with E-state index < -0.39 is 10.0 Å². The van der Waals surface area contributed by atoms with E-state index in [-0.39, 0.29) is 16.6 Å². The first-order chi connectivity index (χ1) is 11.9. The number of nitrogens with zero attached hydrogens (tertiary/aromatic N) is 1. The minimum atomic E-state index is -3.65. The molecule has 1 atom stereocenters. The van der Waals surface area contributed by atoms with Gasteiger partial charge in [-0.2, -0.15) is 0 Å². The predicted octanol–water partition coefficient (Wildman–Crippen LogP) is 0.491. The van der Waals surface area contributed by atoms with Gasteiger partial charge in [-0.15, -0.1) is 0 Å². The Balaban J connectivity index is 1.75. The number of rotatable bonds is 6. The van der Waals surface area contributed by atoms with Crippen molar-refractivity contribution in [2.24, 2.45) is 5.92 Å². The van der Waals surface area contributed by atoms with Gasteiger partial charge in [0.2, 0.25) is 10.0 Å². The van der Waals surface area contributed by atoms with Crippen LogP contribution in [0.5, 0.6) is 0 Å². The van der Waals surface area contributed by atoms with Crippen molar-refractivity contribution < 1.29 is 13.2 Å². The molecule has 0 amide bonds. The van der Waals surface area contributed by atoms with E-state index in [4.69, 9.17) is 4.74 Å². The fourth-order valence-corrected chi connectivity index (χ4v) is 4.23. The Morgan fingerprint density at radius 2 is 1.88 bits per heavy atom. The summed E-state index contributed by atoms with van der Waals surface area (Å²) in [6.07, 6.45) is 0. The van der Waals surface area contributed by atoms with Crippen molar-refractivity contribution in [3.8, 4) is 0 Å². The van der Waals surface area contributed by atoms with Gasteiger partial charge < -0.3 is 14.7 Å². The molecule has 1 saturated heterocycles. The van der Waals surface area contributed by atoms with Crippen LogP contribution in [0.3, 0.4) is 0 Å². The van der Waals surface area contributed by atoms with Crippen molar-refractivity contribution in [3.63, 3.8) is 0 Å². The van der Waals surface area contributed by atoms with Gasteiger partial charge in [-0.05, 0) is 24.1 Å². The summed E-state index contributed by atoms with van der Waals surface area (Å²) in [7, 11) is -3.65. The highest BCUT2D eigenvalue weighted by molar-refractivity contribution is 7.89.